The van der Waals surface area contributed by atoms with Gasteiger partial charge in [-0.05, 0) is 41.1 Å². The summed E-state index contributed by atoms with van der Waals surface area (Å²) in [7, 11) is 1.89. The molecule has 4 rings (SSSR count). The molecule has 0 bridgehead atoms. The smallest absolute Gasteiger partial charge is 0.242 e. The molecule has 1 saturated heterocycles. The Hall–Kier alpha value is -3.51. The Labute approximate surface area is 200 Å². The molecular formula is C28H32F2N4. The summed E-state index contributed by atoms with van der Waals surface area (Å²) < 4.78 is 23.8. The van der Waals surface area contributed by atoms with Crippen LogP contribution in [0.1, 0.15) is 23.6 Å². The van der Waals surface area contributed by atoms with Crippen LogP contribution < -0.4 is 10.6 Å². The molecule has 1 aliphatic rings. The van der Waals surface area contributed by atoms with E-state index < -0.39 is 6.43 Å². The molecule has 4 nitrogen and oxygen atoms in total. The zero-order chi connectivity index (χ0) is 24.5. The van der Waals surface area contributed by atoms with Crippen molar-refractivity contribution in [2.45, 2.75) is 19.8 Å². The molecule has 2 heterocycles. The number of fused-ring (bicyclic) bond motifs is 1. The molecule has 1 aromatic heterocycles. The quantitative estimate of drug-likeness (QED) is 0.458. The molecule has 0 atom stereocenters. The van der Waals surface area contributed by atoms with Crippen molar-refractivity contribution in [3.05, 3.63) is 96.3 Å². The fraction of sp³-hybridized carbons (Fsp3) is 0.250. The average molecular weight is 463 g/mol. The van der Waals surface area contributed by atoms with Crippen LogP contribution >= 0.6 is 0 Å². The van der Waals surface area contributed by atoms with Gasteiger partial charge >= 0.3 is 0 Å². The summed E-state index contributed by atoms with van der Waals surface area (Å²) in [6.07, 6.45) is 3.32. The maximum Gasteiger partial charge on any atom is 0.242 e. The number of piperazine rings is 1. The second kappa shape index (κ2) is 12.1. The third-order valence-electron chi connectivity index (χ3n) is 5.67. The standard InChI is InChI=1S/C18H22N4.C10H10F2/c1-4-17(22-8-7-20-11-13(22)2)14-5-6-15-12-21-18(19-3)10-16(15)9-14;1-2-8-3-5-9(6-4-8)7-10(11)12/h4-6,9-10,12,20H,2,7-8,11H2,1,3H3,(H,19,21);2-6,10H,1,7H2/b17-4-;. The van der Waals surface area contributed by atoms with E-state index in [0.29, 0.717) is 5.56 Å². The van der Waals surface area contributed by atoms with Crippen LogP contribution in [-0.2, 0) is 6.42 Å². The highest BCUT2D eigenvalue weighted by molar-refractivity contribution is 5.87. The molecular weight excluding hydrogens is 430 g/mol. The number of nitrogens with zero attached hydrogens (tertiary/aromatic N) is 2. The molecule has 2 N–H and O–H groups in total. The van der Waals surface area contributed by atoms with Crippen molar-refractivity contribution in [3.63, 3.8) is 0 Å². The lowest BCUT2D eigenvalue weighted by atomic mass is 10.0. The number of hydrogen-bond acceptors (Lipinski definition) is 4. The van der Waals surface area contributed by atoms with Crippen LogP contribution in [0.25, 0.3) is 22.5 Å². The topological polar surface area (TPSA) is 40.2 Å². The SMILES string of the molecule is C=C1CNCCN1/C(=C\C)c1ccc2cnc(NC)cc2c1.C=Cc1ccc(CC(F)F)cc1. The highest BCUT2D eigenvalue weighted by Crippen LogP contribution is 2.27. The molecule has 2 aromatic carbocycles. The molecule has 0 unspecified atom stereocenters. The number of alkyl halides is 2. The molecule has 1 aliphatic heterocycles. The first-order chi connectivity index (χ1) is 16.4. The van der Waals surface area contributed by atoms with E-state index in [-0.39, 0.29) is 6.42 Å². The fourth-order valence-corrected chi connectivity index (χ4v) is 3.85. The van der Waals surface area contributed by atoms with Crippen molar-refractivity contribution in [3.8, 4) is 0 Å². The molecule has 3 aromatic rings. The number of hydrogen-bond donors (Lipinski definition) is 2. The van der Waals surface area contributed by atoms with Crippen molar-refractivity contribution in [1.29, 1.82) is 0 Å². The lowest BCUT2D eigenvalue weighted by molar-refractivity contribution is 0.149. The Balaban J connectivity index is 0.000000229. The van der Waals surface area contributed by atoms with Crippen LogP contribution in [-0.4, -0.2) is 43.0 Å². The molecule has 0 amide bonds. The Morgan fingerprint density at radius 3 is 2.56 bits per heavy atom. The van der Waals surface area contributed by atoms with Crippen molar-refractivity contribution < 1.29 is 8.78 Å². The van der Waals surface area contributed by atoms with E-state index >= 15 is 0 Å². The van der Waals surface area contributed by atoms with Crippen molar-refractivity contribution in [2.24, 2.45) is 0 Å². The number of anilines is 1. The van der Waals surface area contributed by atoms with E-state index in [0.717, 1.165) is 42.1 Å². The number of nitrogens with one attached hydrogen (secondary N) is 2. The van der Waals surface area contributed by atoms with Crippen LogP contribution in [0.3, 0.4) is 0 Å². The number of allylic oxidation sites excluding steroid dienone is 1. The van der Waals surface area contributed by atoms with Gasteiger partial charge in [-0.15, -0.1) is 0 Å². The van der Waals surface area contributed by atoms with Gasteiger partial charge in [0, 0.05) is 56.1 Å². The van der Waals surface area contributed by atoms with Crippen LogP contribution in [0.4, 0.5) is 14.6 Å². The number of benzene rings is 2. The molecule has 6 heteroatoms. The van der Waals surface area contributed by atoms with Crippen LogP contribution in [0, 0.1) is 0 Å². The average Bonchev–Trinajstić information content (AvgIpc) is 2.85. The lowest BCUT2D eigenvalue weighted by Gasteiger charge is -2.33. The maximum absolute atomic E-state index is 11.9. The Bertz CT molecular complexity index is 1150. The molecule has 0 aliphatic carbocycles. The Morgan fingerprint density at radius 1 is 1.18 bits per heavy atom. The normalized spacial score (nSPS) is 14.1. The zero-order valence-corrected chi connectivity index (χ0v) is 19.8. The fourth-order valence-electron chi connectivity index (χ4n) is 3.85. The van der Waals surface area contributed by atoms with Crippen molar-refractivity contribution in [2.75, 3.05) is 32.0 Å². The monoisotopic (exact) mass is 462 g/mol. The molecule has 0 radical (unpaired) electrons. The van der Waals surface area contributed by atoms with Gasteiger partial charge in [0.05, 0.1) is 0 Å². The van der Waals surface area contributed by atoms with Gasteiger partial charge < -0.3 is 15.5 Å². The van der Waals surface area contributed by atoms with Gasteiger partial charge in [0.2, 0.25) is 6.43 Å². The highest BCUT2D eigenvalue weighted by Gasteiger charge is 2.17. The van der Waals surface area contributed by atoms with E-state index in [1.54, 1.807) is 30.3 Å². The van der Waals surface area contributed by atoms with E-state index in [2.05, 4.69) is 70.9 Å². The minimum Gasteiger partial charge on any atom is -0.373 e. The van der Waals surface area contributed by atoms with Gasteiger partial charge in [0.1, 0.15) is 5.82 Å². The molecule has 0 spiro atoms. The van der Waals surface area contributed by atoms with Gasteiger partial charge in [-0.2, -0.15) is 0 Å². The number of pyridine rings is 1. The van der Waals surface area contributed by atoms with Crippen LogP contribution in [0.15, 0.2) is 79.7 Å². The van der Waals surface area contributed by atoms with E-state index in [4.69, 9.17) is 0 Å². The number of halogens is 2. The molecule has 0 saturated carbocycles. The Kier molecular flexibility index (Phi) is 8.93. The van der Waals surface area contributed by atoms with Gasteiger partial charge in [-0.25, -0.2) is 13.8 Å². The summed E-state index contributed by atoms with van der Waals surface area (Å²) in [6.45, 7) is 12.6. The molecule has 178 valence electrons. The summed E-state index contributed by atoms with van der Waals surface area (Å²) in [4.78, 5) is 6.67. The van der Waals surface area contributed by atoms with Gasteiger partial charge in [-0.3, -0.25) is 0 Å². The number of rotatable bonds is 6. The highest BCUT2D eigenvalue weighted by atomic mass is 19.3. The van der Waals surface area contributed by atoms with Crippen LogP contribution in [0.2, 0.25) is 0 Å². The van der Waals surface area contributed by atoms with Crippen LogP contribution in [0.5, 0.6) is 0 Å². The third-order valence-corrected chi connectivity index (χ3v) is 5.67. The summed E-state index contributed by atoms with van der Waals surface area (Å²) in [5, 5.41) is 8.79. The summed E-state index contributed by atoms with van der Waals surface area (Å²) in [5.41, 5.74) is 5.16. The second-order valence-electron chi connectivity index (χ2n) is 7.99. The van der Waals surface area contributed by atoms with E-state index in [1.807, 2.05) is 13.2 Å². The van der Waals surface area contributed by atoms with Crippen molar-refractivity contribution in [1.82, 2.24) is 15.2 Å². The first-order valence-corrected chi connectivity index (χ1v) is 11.3. The first kappa shape index (κ1) is 25.1. The minimum absolute atomic E-state index is 0.169. The Morgan fingerprint density at radius 2 is 1.94 bits per heavy atom. The first-order valence-electron chi connectivity index (χ1n) is 11.3. The lowest BCUT2D eigenvalue weighted by Crippen LogP contribution is -2.40. The summed E-state index contributed by atoms with van der Waals surface area (Å²) >= 11 is 0. The summed E-state index contributed by atoms with van der Waals surface area (Å²) in [5.74, 6) is 0.887. The third kappa shape index (κ3) is 6.51. The van der Waals surface area contributed by atoms with Gasteiger partial charge in [0.25, 0.3) is 0 Å². The predicted octanol–water partition coefficient (Wildman–Crippen LogP) is 6.19. The minimum atomic E-state index is -2.26. The zero-order valence-electron chi connectivity index (χ0n) is 19.8. The van der Waals surface area contributed by atoms with E-state index in [1.165, 1.54) is 16.6 Å². The number of aromatic nitrogens is 1. The largest absolute Gasteiger partial charge is 0.373 e. The summed E-state index contributed by atoms with van der Waals surface area (Å²) in [6, 6.07) is 15.6. The molecule has 34 heavy (non-hydrogen) atoms. The van der Waals surface area contributed by atoms with E-state index in [9.17, 15) is 8.78 Å². The van der Waals surface area contributed by atoms with Crippen molar-refractivity contribution >= 4 is 28.4 Å². The van der Waals surface area contributed by atoms with Gasteiger partial charge in [0.15, 0.2) is 0 Å². The maximum atomic E-state index is 11.9. The van der Waals surface area contributed by atoms with Gasteiger partial charge in [-0.1, -0.05) is 61.7 Å². The second-order valence-corrected chi connectivity index (χ2v) is 7.99. The predicted molar refractivity (Wildman–Crippen MR) is 140 cm³/mol. The molecule has 1 fully saturated rings.